The standard InChI is InChI=1S/C16H18FN7OS/c1-9-14(10(2)23(4)20-9)18-15(25)11(3)26-16-19-21-22-24(16)13-7-5-6-12(17)8-13/h5-8,11H,1-4H3,(H,18,25). The molecule has 2 aromatic heterocycles. The van der Waals surface area contributed by atoms with E-state index in [9.17, 15) is 9.18 Å². The fraction of sp³-hybridized carbons (Fsp3) is 0.312. The van der Waals surface area contributed by atoms with E-state index in [-0.39, 0.29) is 11.7 Å². The maximum atomic E-state index is 13.4. The maximum absolute atomic E-state index is 13.4. The van der Waals surface area contributed by atoms with Gasteiger partial charge in [0, 0.05) is 7.05 Å². The molecule has 0 saturated heterocycles. The number of aryl methyl sites for hydroxylation is 2. The van der Waals surface area contributed by atoms with Gasteiger partial charge in [0.1, 0.15) is 5.82 Å². The lowest BCUT2D eigenvalue weighted by Crippen LogP contribution is -2.23. The summed E-state index contributed by atoms with van der Waals surface area (Å²) in [6.07, 6.45) is 0. The van der Waals surface area contributed by atoms with Crippen molar-refractivity contribution >= 4 is 23.4 Å². The molecule has 1 atom stereocenters. The Balaban J connectivity index is 1.75. The summed E-state index contributed by atoms with van der Waals surface area (Å²) in [6, 6.07) is 5.93. The van der Waals surface area contributed by atoms with Crippen LogP contribution in [0.2, 0.25) is 0 Å². The first kappa shape index (κ1) is 18.1. The van der Waals surface area contributed by atoms with Crippen LogP contribution in [0.3, 0.4) is 0 Å². The van der Waals surface area contributed by atoms with Crippen molar-refractivity contribution in [3.8, 4) is 5.69 Å². The second-order valence-electron chi connectivity index (χ2n) is 5.77. The molecule has 0 aliphatic heterocycles. The summed E-state index contributed by atoms with van der Waals surface area (Å²) in [5, 5.41) is 18.6. The van der Waals surface area contributed by atoms with Crippen LogP contribution in [0.1, 0.15) is 18.3 Å². The van der Waals surface area contributed by atoms with E-state index in [0.29, 0.717) is 16.5 Å². The zero-order valence-corrected chi connectivity index (χ0v) is 15.6. The number of thioether (sulfide) groups is 1. The molecule has 26 heavy (non-hydrogen) atoms. The highest BCUT2D eigenvalue weighted by atomic mass is 32.2. The molecule has 0 radical (unpaired) electrons. The van der Waals surface area contributed by atoms with Gasteiger partial charge in [0.15, 0.2) is 0 Å². The third kappa shape index (κ3) is 3.59. The topological polar surface area (TPSA) is 90.5 Å². The van der Waals surface area contributed by atoms with E-state index >= 15 is 0 Å². The molecule has 0 fully saturated rings. The van der Waals surface area contributed by atoms with E-state index in [2.05, 4.69) is 25.9 Å². The van der Waals surface area contributed by atoms with E-state index in [1.807, 2.05) is 20.9 Å². The maximum Gasteiger partial charge on any atom is 0.237 e. The van der Waals surface area contributed by atoms with Gasteiger partial charge in [0.2, 0.25) is 11.1 Å². The summed E-state index contributed by atoms with van der Waals surface area (Å²) in [7, 11) is 1.82. The molecule has 1 aromatic carbocycles. The molecule has 3 rings (SSSR count). The predicted octanol–water partition coefficient (Wildman–Crippen LogP) is 2.27. The van der Waals surface area contributed by atoms with Crippen molar-refractivity contribution in [2.45, 2.75) is 31.2 Å². The first-order chi connectivity index (χ1) is 12.4. The fourth-order valence-corrected chi connectivity index (χ4v) is 3.22. The molecule has 2 heterocycles. The van der Waals surface area contributed by atoms with Crippen molar-refractivity contribution in [1.29, 1.82) is 0 Å². The van der Waals surface area contributed by atoms with Gasteiger partial charge in [0.25, 0.3) is 0 Å². The Hall–Kier alpha value is -2.75. The Kier molecular flexibility index (Phi) is 5.03. The molecule has 0 bridgehead atoms. The van der Waals surface area contributed by atoms with Crippen molar-refractivity contribution in [3.05, 3.63) is 41.5 Å². The lowest BCUT2D eigenvalue weighted by molar-refractivity contribution is -0.115. The van der Waals surface area contributed by atoms with Gasteiger partial charge in [-0.2, -0.15) is 9.78 Å². The summed E-state index contributed by atoms with van der Waals surface area (Å²) >= 11 is 1.19. The molecule has 3 aromatic rings. The molecular formula is C16H18FN7OS. The molecular weight excluding hydrogens is 357 g/mol. The third-order valence-electron chi connectivity index (χ3n) is 3.90. The number of carbonyl (C=O) groups excluding carboxylic acids is 1. The van der Waals surface area contributed by atoms with Crippen LogP contribution in [-0.2, 0) is 11.8 Å². The molecule has 10 heteroatoms. The minimum Gasteiger partial charge on any atom is -0.322 e. The number of aromatic nitrogens is 6. The smallest absolute Gasteiger partial charge is 0.237 e. The van der Waals surface area contributed by atoms with E-state index < -0.39 is 5.25 Å². The summed E-state index contributed by atoms with van der Waals surface area (Å²) < 4.78 is 16.6. The minimum atomic E-state index is -0.465. The van der Waals surface area contributed by atoms with E-state index in [4.69, 9.17) is 0 Å². The number of halogens is 1. The van der Waals surface area contributed by atoms with Crippen molar-refractivity contribution in [2.75, 3.05) is 5.32 Å². The number of rotatable bonds is 5. The second kappa shape index (κ2) is 7.24. The van der Waals surface area contributed by atoms with Crippen molar-refractivity contribution in [1.82, 2.24) is 30.0 Å². The van der Waals surface area contributed by atoms with Gasteiger partial charge < -0.3 is 5.32 Å². The Labute approximate surface area is 153 Å². The minimum absolute atomic E-state index is 0.192. The summed E-state index contributed by atoms with van der Waals surface area (Å²) in [6.45, 7) is 5.48. The van der Waals surface area contributed by atoms with Crippen molar-refractivity contribution in [2.24, 2.45) is 7.05 Å². The molecule has 1 N–H and O–H groups in total. The zero-order chi connectivity index (χ0) is 18.8. The Morgan fingerprint density at radius 1 is 1.35 bits per heavy atom. The first-order valence-corrected chi connectivity index (χ1v) is 8.77. The number of nitrogens with one attached hydrogen (secondary N) is 1. The monoisotopic (exact) mass is 375 g/mol. The molecule has 136 valence electrons. The highest BCUT2D eigenvalue weighted by Gasteiger charge is 2.21. The Morgan fingerprint density at radius 3 is 2.77 bits per heavy atom. The molecule has 1 amide bonds. The second-order valence-corrected chi connectivity index (χ2v) is 7.08. The van der Waals surface area contributed by atoms with Gasteiger partial charge in [0.05, 0.1) is 28.0 Å². The predicted molar refractivity (Wildman–Crippen MR) is 95.7 cm³/mol. The number of nitrogens with zero attached hydrogens (tertiary/aromatic N) is 6. The van der Waals surface area contributed by atoms with Crippen LogP contribution in [0.25, 0.3) is 5.69 Å². The van der Waals surface area contributed by atoms with Gasteiger partial charge in [-0.15, -0.1) is 5.10 Å². The van der Waals surface area contributed by atoms with Crippen LogP contribution >= 0.6 is 11.8 Å². The van der Waals surface area contributed by atoms with E-state index in [1.54, 1.807) is 23.7 Å². The molecule has 1 unspecified atom stereocenters. The lowest BCUT2D eigenvalue weighted by atomic mass is 10.3. The van der Waals surface area contributed by atoms with Crippen molar-refractivity contribution in [3.63, 3.8) is 0 Å². The van der Waals surface area contributed by atoms with Crippen LogP contribution in [0.15, 0.2) is 29.4 Å². The number of hydrogen-bond donors (Lipinski definition) is 1. The first-order valence-electron chi connectivity index (χ1n) is 7.89. The Bertz CT molecular complexity index is 952. The average molecular weight is 375 g/mol. The number of anilines is 1. The number of hydrogen-bond acceptors (Lipinski definition) is 6. The SMILES string of the molecule is Cc1nn(C)c(C)c1NC(=O)C(C)Sc1nnnn1-c1cccc(F)c1. The van der Waals surface area contributed by atoms with Gasteiger partial charge >= 0.3 is 0 Å². The normalized spacial score (nSPS) is 12.2. The molecule has 0 aliphatic rings. The van der Waals surface area contributed by atoms with Crippen LogP contribution in [-0.4, -0.2) is 41.1 Å². The van der Waals surface area contributed by atoms with Gasteiger partial charge in [-0.25, -0.2) is 4.39 Å². The summed E-state index contributed by atoms with van der Waals surface area (Å²) in [4.78, 5) is 12.5. The third-order valence-corrected chi connectivity index (χ3v) is 4.94. The molecule has 0 aliphatic carbocycles. The fourth-order valence-electron chi connectivity index (χ4n) is 2.41. The van der Waals surface area contributed by atoms with Crippen LogP contribution in [0.4, 0.5) is 10.1 Å². The Morgan fingerprint density at radius 2 is 2.12 bits per heavy atom. The number of carbonyl (C=O) groups is 1. The zero-order valence-electron chi connectivity index (χ0n) is 14.8. The van der Waals surface area contributed by atoms with Crippen LogP contribution in [0.5, 0.6) is 0 Å². The summed E-state index contributed by atoms with van der Waals surface area (Å²) in [5.74, 6) is -0.578. The largest absolute Gasteiger partial charge is 0.322 e. The quantitative estimate of drug-likeness (QED) is 0.688. The van der Waals surface area contributed by atoms with Crippen molar-refractivity contribution < 1.29 is 9.18 Å². The average Bonchev–Trinajstić information content (AvgIpc) is 3.15. The van der Waals surface area contributed by atoms with Gasteiger partial charge in [-0.1, -0.05) is 17.8 Å². The van der Waals surface area contributed by atoms with E-state index in [0.717, 1.165) is 11.4 Å². The van der Waals surface area contributed by atoms with Crippen LogP contribution in [0, 0.1) is 19.7 Å². The van der Waals surface area contributed by atoms with Gasteiger partial charge in [-0.05, 0) is 49.4 Å². The van der Waals surface area contributed by atoms with Crippen LogP contribution < -0.4 is 5.32 Å². The number of amides is 1. The number of tetrazole rings is 1. The molecule has 8 nitrogen and oxygen atoms in total. The number of benzene rings is 1. The summed E-state index contributed by atoms with van der Waals surface area (Å²) in [5.41, 5.74) is 2.82. The highest BCUT2D eigenvalue weighted by molar-refractivity contribution is 8.00. The lowest BCUT2D eigenvalue weighted by Gasteiger charge is -2.12. The molecule has 0 saturated carbocycles. The molecule has 0 spiro atoms. The van der Waals surface area contributed by atoms with E-state index in [1.165, 1.54) is 28.6 Å². The van der Waals surface area contributed by atoms with Gasteiger partial charge in [-0.3, -0.25) is 9.48 Å². The highest BCUT2D eigenvalue weighted by Crippen LogP contribution is 2.25.